The third-order valence-electron chi connectivity index (χ3n) is 2.34. The first-order valence-corrected chi connectivity index (χ1v) is 4.41. The fourth-order valence-electron chi connectivity index (χ4n) is 1.36. The van der Waals surface area contributed by atoms with E-state index in [-0.39, 0.29) is 0 Å². The molecule has 0 aliphatic carbocycles. The second-order valence-electron chi connectivity index (χ2n) is 3.17. The highest BCUT2D eigenvalue weighted by molar-refractivity contribution is 5.39. The van der Waals surface area contributed by atoms with Crippen LogP contribution in [0.5, 0.6) is 0 Å². The van der Waals surface area contributed by atoms with E-state index in [9.17, 15) is 0 Å². The average molecular weight is 175 g/mol. The second kappa shape index (κ2) is 3.18. The summed E-state index contributed by atoms with van der Waals surface area (Å²) < 4.78 is 2.03. The van der Waals surface area contributed by atoms with Gasteiger partial charge in [0.1, 0.15) is 5.65 Å². The van der Waals surface area contributed by atoms with E-state index in [0.717, 1.165) is 5.65 Å². The summed E-state index contributed by atoms with van der Waals surface area (Å²) >= 11 is 0. The maximum atomic E-state index is 4.19. The van der Waals surface area contributed by atoms with Crippen molar-refractivity contribution in [2.75, 3.05) is 7.05 Å². The Bertz CT molecular complexity index is 405. The molecule has 2 aromatic heterocycles. The summed E-state index contributed by atoms with van der Waals surface area (Å²) in [7, 11) is 1.96. The van der Waals surface area contributed by atoms with Crippen LogP contribution in [0.2, 0.25) is 0 Å². The molecule has 2 aromatic rings. The van der Waals surface area contributed by atoms with E-state index in [2.05, 4.69) is 29.5 Å². The summed E-state index contributed by atoms with van der Waals surface area (Å²) in [6.45, 7) is 2.14. The van der Waals surface area contributed by atoms with Crippen LogP contribution in [0.3, 0.4) is 0 Å². The van der Waals surface area contributed by atoms with Gasteiger partial charge in [0.15, 0.2) is 0 Å². The summed E-state index contributed by atoms with van der Waals surface area (Å²) in [4.78, 5) is 4.19. The SMILES string of the molecule is CN[C@H](C)c1ccc2nccn2c1. The number of pyridine rings is 1. The minimum Gasteiger partial charge on any atom is -0.313 e. The molecule has 1 N–H and O–H groups in total. The lowest BCUT2D eigenvalue weighted by atomic mass is 10.1. The van der Waals surface area contributed by atoms with Gasteiger partial charge in [-0.3, -0.25) is 0 Å². The highest BCUT2D eigenvalue weighted by atomic mass is 15.0. The van der Waals surface area contributed by atoms with E-state index >= 15 is 0 Å². The first-order chi connectivity index (χ1) is 6.31. The molecule has 0 radical (unpaired) electrons. The molecule has 0 unspecified atom stereocenters. The predicted octanol–water partition coefficient (Wildman–Crippen LogP) is 1.61. The lowest BCUT2D eigenvalue weighted by Crippen LogP contribution is -2.12. The van der Waals surface area contributed by atoms with Crippen molar-refractivity contribution in [2.45, 2.75) is 13.0 Å². The molecule has 0 aliphatic heterocycles. The molecular formula is C10H13N3. The van der Waals surface area contributed by atoms with Gasteiger partial charge in [-0.1, -0.05) is 6.07 Å². The summed E-state index contributed by atoms with van der Waals surface area (Å²) in [5, 5.41) is 3.20. The third kappa shape index (κ3) is 1.42. The summed E-state index contributed by atoms with van der Waals surface area (Å²) in [6, 6.07) is 4.51. The zero-order valence-corrected chi connectivity index (χ0v) is 7.86. The zero-order chi connectivity index (χ0) is 9.26. The van der Waals surface area contributed by atoms with Crippen LogP contribution in [-0.2, 0) is 0 Å². The fourth-order valence-corrected chi connectivity index (χ4v) is 1.36. The van der Waals surface area contributed by atoms with Gasteiger partial charge in [0, 0.05) is 24.6 Å². The topological polar surface area (TPSA) is 29.3 Å². The Morgan fingerprint density at radius 1 is 1.46 bits per heavy atom. The number of fused-ring (bicyclic) bond motifs is 1. The highest BCUT2D eigenvalue weighted by Crippen LogP contribution is 2.12. The van der Waals surface area contributed by atoms with E-state index in [4.69, 9.17) is 0 Å². The Morgan fingerprint density at radius 3 is 3.08 bits per heavy atom. The molecule has 13 heavy (non-hydrogen) atoms. The molecular weight excluding hydrogens is 162 g/mol. The Kier molecular flexibility index (Phi) is 2.02. The predicted molar refractivity (Wildman–Crippen MR) is 52.7 cm³/mol. The van der Waals surface area contributed by atoms with Crippen molar-refractivity contribution in [2.24, 2.45) is 0 Å². The number of hydrogen-bond acceptors (Lipinski definition) is 2. The van der Waals surface area contributed by atoms with E-state index in [1.165, 1.54) is 5.56 Å². The third-order valence-corrected chi connectivity index (χ3v) is 2.34. The normalized spacial score (nSPS) is 13.4. The molecule has 0 fully saturated rings. The molecule has 0 spiro atoms. The summed E-state index contributed by atoms with van der Waals surface area (Å²) in [6.07, 6.45) is 5.87. The minimum atomic E-state index is 0.381. The Morgan fingerprint density at radius 2 is 2.31 bits per heavy atom. The molecule has 2 heterocycles. The molecule has 68 valence electrons. The van der Waals surface area contributed by atoms with Gasteiger partial charge in [0.2, 0.25) is 0 Å². The fraction of sp³-hybridized carbons (Fsp3) is 0.300. The quantitative estimate of drug-likeness (QED) is 0.751. The van der Waals surface area contributed by atoms with Crippen LogP contribution in [0.1, 0.15) is 18.5 Å². The maximum Gasteiger partial charge on any atom is 0.136 e. The Hall–Kier alpha value is -1.35. The number of rotatable bonds is 2. The van der Waals surface area contributed by atoms with Gasteiger partial charge in [-0.2, -0.15) is 0 Å². The van der Waals surface area contributed by atoms with Crippen LogP contribution in [0.25, 0.3) is 5.65 Å². The van der Waals surface area contributed by atoms with E-state index in [0.29, 0.717) is 6.04 Å². The van der Waals surface area contributed by atoms with Crippen LogP contribution in [0.4, 0.5) is 0 Å². The van der Waals surface area contributed by atoms with Crippen LogP contribution in [0, 0.1) is 0 Å². The molecule has 2 rings (SSSR count). The van der Waals surface area contributed by atoms with Crippen molar-refractivity contribution in [1.29, 1.82) is 0 Å². The van der Waals surface area contributed by atoms with E-state index in [1.54, 1.807) is 0 Å². The van der Waals surface area contributed by atoms with Crippen LogP contribution < -0.4 is 5.32 Å². The monoisotopic (exact) mass is 175 g/mol. The average Bonchev–Trinajstić information content (AvgIpc) is 2.63. The lowest BCUT2D eigenvalue weighted by molar-refractivity contribution is 0.648. The van der Waals surface area contributed by atoms with Crippen LogP contribution in [0.15, 0.2) is 30.7 Å². The molecule has 0 saturated carbocycles. The van der Waals surface area contributed by atoms with Gasteiger partial charge in [-0.25, -0.2) is 4.98 Å². The first kappa shape index (κ1) is 8.26. The van der Waals surface area contributed by atoms with E-state index < -0.39 is 0 Å². The molecule has 0 saturated heterocycles. The van der Waals surface area contributed by atoms with Crippen LogP contribution >= 0.6 is 0 Å². The standard InChI is InChI=1S/C10H13N3/c1-8(11-2)9-3-4-10-12-5-6-13(10)7-9/h3-8,11H,1-2H3/t8-/m1/s1. The highest BCUT2D eigenvalue weighted by Gasteiger charge is 2.02. The van der Waals surface area contributed by atoms with Gasteiger partial charge in [0.25, 0.3) is 0 Å². The molecule has 0 bridgehead atoms. The number of imidazole rings is 1. The van der Waals surface area contributed by atoms with Crippen molar-refractivity contribution in [3.8, 4) is 0 Å². The lowest BCUT2D eigenvalue weighted by Gasteiger charge is -2.10. The van der Waals surface area contributed by atoms with Gasteiger partial charge in [0.05, 0.1) is 0 Å². The zero-order valence-electron chi connectivity index (χ0n) is 7.86. The molecule has 0 aromatic carbocycles. The maximum absolute atomic E-state index is 4.19. The first-order valence-electron chi connectivity index (χ1n) is 4.41. The van der Waals surface area contributed by atoms with Gasteiger partial charge in [-0.05, 0) is 25.6 Å². The second-order valence-corrected chi connectivity index (χ2v) is 3.17. The number of nitrogens with zero attached hydrogens (tertiary/aromatic N) is 2. The van der Waals surface area contributed by atoms with Crippen molar-refractivity contribution < 1.29 is 0 Å². The van der Waals surface area contributed by atoms with Crippen molar-refractivity contribution >= 4 is 5.65 Å². The number of aromatic nitrogens is 2. The number of hydrogen-bond donors (Lipinski definition) is 1. The van der Waals surface area contributed by atoms with Crippen molar-refractivity contribution in [1.82, 2.24) is 14.7 Å². The Balaban J connectivity index is 2.48. The summed E-state index contributed by atoms with van der Waals surface area (Å²) in [5.74, 6) is 0. The van der Waals surface area contributed by atoms with Gasteiger partial charge >= 0.3 is 0 Å². The molecule has 0 aliphatic rings. The van der Waals surface area contributed by atoms with E-state index in [1.807, 2.05) is 29.9 Å². The number of nitrogens with one attached hydrogen (secondary N) is 1. The molecule has 1 atom stereocenters. The van der Waals surface area contributed by atoms with Crippen molar-refractivity contribution in [3.63, 3.8) is 0 Å². The summed E-state index contributed by atoms with van der Waals surface area (Å²) in [5.41, 5.74) is 2.26. The van der Waals surface area contributed by atoms with Gasteiger partial charge < -0.3 is 9.72 Å². The molecule has 0 amide bonds. The smallest absolute Gasteiger partial charge is 0.136 e. The minimum absolute atomic E-state index is 0.381. The van der Waals surface area contributed by atoms with Crippen molar-refractivity contribution in [3.05, 3.63) is 36.3 Å². The Labute approximate surface area is 77.4 Å². The van der Waals surface area contributed by atoms with Crippen LogP contribution in [-0.4, -0.2) is 16.4 Å². The largest absolute Gasteiger partial charge is 0.313 e. The molecule has 3 nitrogen and oxygen atoms in total. The molecule has 3 heteroatoms. The van der Waals surface area contributed by atoms with Gasteiger partial charge in [-0.15, -0.1) is 0 Å².